The molecule has 0 radical (unpaired) electrons. The summed E-state index contributed by atoms with van der Waals surface area (Å²) in [7, 11) is 1.80. The molecule has 1 unspecified atom stereocenters. The van der Waals surface area contributed by atoms with Crippen LogP contribution in [0.4, 0.5) is 0 Å². The lowest BCUT2D eigenvalue weighted by Gasteiger charge is -2.10. The van der Waals surface area contributed by atoms with Gasteiger partial charge >= 0.3 is 0 Å². The second-order valence-corrected chi connectivity index (χ2v) is 3.12. The maximum atomic E-state index is 11.0. The molecular formula is C9H19N3O. The van der Waals surface area contributed by atoms with Gasteiger partial charge < -0.3 is 11.1 Å². The number of hydrogen-bond donors (Lipinski definition) is 2. The number of ketones is 1. The molecule has 0 saturated heterocycles. The lowest BCUT2D eigenvalue weighted by atomic mass is 10.1. The van der Waals surface area contributed by atoms with Crippen LogP contribution in [-0.4, -0.2) is 31.3 Å². The lowest BCUT2D eigenvalue weighted by molar-refractivity contribution is -0.119. The Bertz CT molecular complexity index is 185. The van der Waals surface area contributed by atoms with Gasteiger partial charge in [0.15, 0.2) is 0 Å². The van der Waals surface area contributed by atoms with E-state index >= 15 is 0 Å². The van der Waals surface area contributed by atoms with E-state index < -0.39 is 0 Å². The van der Waals surface area contributed by atoms with Crippen LogP contribution in [0.5, 0.6) is 0 Å². The number of carbonyl (C=O) groups excluding carboxylic acids is 1. The zero-order valence-corrected chi connectivity index (χ0v) is 8.63. The third-order valence-corrected chi connectivity index (χ3v) is 1.85. The molecule has 0 aromatic heterocycles. The fraction of sp³-hybridized carbons (Fsp3) is 0.778. The highest BCUT2D eigenvalue weighted by atomic mass is 16.1. The van der Waals surface area contributed by atoms with E-state index in [1.165, 1.54) is 0 Å². The van der Waals surface area contributed by atoms with Crippen LogP contribution in [0.3, 0.4) is 0 Å². The Labute approximate surface area is 79.6 Å². The largest absolute Gasteiger partial charge is 0.388 e. The number of carbonyl (C=O) groups is 1. The second-order valence-electron chi connectivity index (χ2n) is 3.12. The van der Waals surface area contributed by atoms with Crippen LogP contribution in [0.1, 0.15) is 26.7 Å². The van der Waals surface area contributed by atoms with Crippen molar-refractivity contribution in [1.29, 1.82) is 0 Å². The van der Waals surface area contributed by atoms with Gasteiger partial charge in [0.1, 0.15) is 5.78 Å². The summed E-state index contributed by atoms with van der Waals surface area (Å²) in [4.78, 5) is 15.0. The molecule has 0 aliphatic heterocycles. The summed E-state index contributed by atoms with van der Waals surface area (Å²) in [6.07, 6.45) is 1.71. The van der Waals surface area contributed by atoms with Crippen LogP contribution in [-0.2, 0) is 4.79 Å². The third kappa shape index (κ3) is 6.28. The quantitative estimate of drug-likeness (QED) is 0.356. The minimum absolute atomic E-state index is 0.0340. The molecule has 0 heterocycles. The Kier molecular flexibility index (Phi) is 6.14. The number of Topliss-reactive ketones (excluding diaryl/α,β-unsaturated/α-hetero) is 1. The van der Waals surface area contributed by atoms with Crippen molar-refractivity contribution in [2.45, 2.75) is 32.7 Å². The Morgan fingerprint density at radius 2 is 2.15 bits per heavy atom. The Morgan fingerprint density at radius 3 is 2.54 bits per heavy atom. The molecule has 0 aromatic carbocycles. The first-order valence-corrected chi connectivity index (χ1v) is 4.52. The van der Waals surface area contributed by atoms with Gasteiger partial charge in [-0.3, -0.25) is 9.79 Å². The highest BCUT2D eigenvalue weighted by molar-refractivity contribution is 5.81. The van der Waals surface area contributed by atoms with Gasteiger partial charge in [0.05, 0.1) is 11.9 Å². The zero-order chi connectivity index (χ0) is 10.3. The van der Waals surface area contributed by atoms with Gasteiger partial charge in [0, 0.05) is 6.54 Å². The fourth-order valence-corrected chi connectivity index (χ4v) is 1.10. The summed E-state index contributed by atoms with van der Waals surface area (Å²) in [5.41, 5.74) is 5.37. The molecule has 0 rings (SSSR count). The Hall–Kier alpha value is -0.900. The number of nitrogens with zero attached hydrogens (tertiary/aromatic N) is 1. The van der Waals surface area contributed by atoms with Crippen molar-refractivity contribution < 1.29 is 4.79 Å². The third-order valence-electron chi connectivity index (χ3n) is 1.85. The molecule has 0 bridgehead atoms. The minimum Gasteiger partial charge on any atom is -0.388 e. The van der Waals surface area contributed by atoms with Crippen molar-refractivity contribution in [2.75, 3.05) is 13.6 Å². The molecule has 0 aromatic rings. The number of rotatable bonds is 6. The van der Waals surface area contributed by atoms with Crippen LogP contribution >= 0.6 is 0 Å². The number of hydrogen-bond acceptors (Lipinski definition) is 3. The van der Waals surface area contributed by atoms with Crippen LogP contribution in [0, 0.1) is 0 Å². The van der Waals surface area contributed by atoms with Gasteiger partial charge in [-0.15, -0.1) is 0 Å². The van der Waals surface area contributed by atoms with Crippen molar-refractivity contribution >= 4 is 11.6 Å². The molecule has 1 atom stereocenters. The zero-order valence-electron chi connectivity index (χ0n) is 8.63. The normalized spacial score (nSPS) is 14.2. The van der Waals surface area contributed by atoms with Gasteiger partial charge in [-0.1, -0.05) is 0 Å². The molecule has 0 spiro atoms. The first kappa shape index (κ1) is 12.1. The van der Waals surface area contributed by atoms with E-state index in [0.717, 1.165) is 12.8 Å². The van der Waals surface area contributed by atoms with Crippen molar-refractivity contribution in [2.24, 2.45) is 10.7 Å². The average molecular weight is 185 g/mol. The molecular weight excluding hydrogens is 166 g/mol. The number of aliphatic imine (C=N–C) groups is 1. The summed E-state index contributed by atoms with van der Waals surface area (Å²) >= 11 is 0. The van der Waals surface area contributed by atoms with Crippen LogP contribution < -0.4 is 11.1 Å². The summed E-state index contributed by atoms with van der Waals surface area (Å²) in [5.74, 6) is 0.778. The van der Waals surface area contributed by atoms with E-state index in [0.29, 0.717) is 12.4 Å². The predicted octanol–water partition coefficient (Wildman–Crippen LogP) is 0.321. The van der Waals surface area contributed by atoms with E-state index in [-0.39, 0.29) is 11.8 Å². The maximum absolute atomic E-state index is 11.0. The van der Waals surface area contributed by atoms with E-state index in [1.807, 2.05) is 0 Å². The van der Waals surface area contributed by atoms with Crippen LogP contribution in [0.15, 0.2) is 4.99 Å². The van der Waals surface area contributed by atoms with E-state index in [4.69, 9.17) is 5.73 Å². The van der Waals surface area contributed by atoms with Gasteiger partial charge in [0.25, 0.3) is 0 Å². The van der Waals surface area contributed by atoms with E-state index in [2.05, 4.69) is 10.3 Å². The first-order valence-electron chi connectivity index (χ1n) is 4.52. The van der Waals surface area contributed by atoms with E-state index in [9.17, 15) is 4.79 Å². The van der Waals surface area contributed by atoms with Crippen molar-refractivity contribution in [3.8, 4) is 0 Å². The highest BCUT2D eigenvalue weighted by Crippen LogP contribution is 1.98. The summed E-state index contributed by atoms with van der Waals surface area (Å²) in [5, 5.41) is 2.96. The smallest absolute Gasteiger partial charge is 0.146 e. The van der Waals surface area contributed by atoms with Gasteiger partial charge in [-0.05, 0) is 33.7 Å². The molecule has 4 heteroatoms. The van der Waals surface area contributed by atoms with Gasteiger partial charge in [-0.2, -0.15) is 0 Å². The molecule has 0 saturated carbocycles. The van der Waals surface area contributed by atoms with Gasteiger partial charge in [0.2, 0.25) is 0 Å². The van der Waals surface area contributed by atoms with Crippen LogP contribution in [0.2, 0.25) is 0 Å². The van der Waals surface area contributed by atoms with Crippen molar-refractivity contribution in [3.63, 3.8) is 0 Å². The number of amidine groups is 1. The second kappa shape index (κ2) is 6.60. The monoisotopic (exact) mass is 185 g/mol. The molecule has 0 fully saturated rings. The summed E-state index contributed by atoms with van der Waals surface area (Å²) in [6, 6.07) is -0.0340. The van der Waals surface area contributed by atoms with Crippen molar-refractivity contribution in [3.05, 3.63) is 0 Å². The Balaban J connectivity index is 3.62. The summed E-state index contributed by atoms with van der Waals surface area (Å²) < 4.78 is 0. The topological polar surface area (TPSA) is 67.5 Å². The molecule has 0 amide bonds. The highest BCUT2D eigenvalue weighted by Gasteiger charge is 2.09. The number of nitrogens with two attached hydrogens (primary N) is 1. The molecule has 13 heavy (non-hydrogen) atoms. The maximum Gasteiger partial charge on any atom is 0.146 e. The lowest BCUT2D eigenvalue weighted by Crippen LogP contribution is -2.32. The number of nitrogens with one attached hydrogen (secondary N) is 1. The predicted molar refractivity (Wildman–Crippen MR) is 54.9 cm³/mol. The standard InChI is InChI=1S/C9H19N3O/c1-7(13)9(11-3)5-4-6-12-8(2)10/h9,11H,4-6H2,1-3H3,(H2,10,12). The van der Waals surface area contributed by atoms with Gasteiger partial charge in [-0.25, -0.2) is 0 Å². The first-order chi connectivity index (χ1) is 6.07. The fourth-order valence-electron chi connectivity index (χ4n) is 1.10. The molecule has 3 N–H and O–H groups in total. The van der Waals surface area contributed by atoms with Crippen LogP contribution in [0.25, 0.3) is 0 Å². The Morgan fingerprint density at radius 1 is 1.54 bits per heavy atom. The molecule has 0 aliphatic carbocycles. The molecule has 76 valence electrons. The average Bonchev–Trinajstić information content (AvgIpc) is 2.03. The number of likely N-dealkylation sites (N-methyl/N-ethyl adjacent to an activating group) is 1. The SMILES string of the molecule is CNC(CCCN=C(C)N)C(C)=O. The van der Waals surface area contributed by atoms with Crippen molar-refractivity contribution in [1.82, 2.24) is 5.32 Å². The molecule has 0 aliphatic rings. The van der Waals surface area contributed by atoms with E-state index in [1.54, 1.807) is 20.9 Å². The summed E-state index contributed by atoms with van der Waals surface area (Å²) in [6.45, 7) is 4.06. The molecule has 4 nitrogen and oxygen atoms in total. The minimum atomic E-state index is -0.0340.